The SMILES string of the molecule is CC1C(=O)Nc2ccc(NC(=O)NCC(C)(C)C)cc21. The molecule has 1 aromatic rings. The molecule has 3 amide bonds. The van der Waals surface area contributed by atoms with Gasteiger partial charge in [0.15, 0.2) is 0 Å². The fourth-order valence-corrected chi connectivity index (χ4v) is 2.02. The Morgan fingerprint density at radius 3 is 2.70 bits per heavy atom. The van der Waals surface area contributed by atoms with Crippen molar-refractivity contribution in [2.75, 3.05) is 17.2 Å². The Morgan fingerprint density at radius 2 is 2.05 bits per heavy atom. The first-order valence-corrected chi connectivity index (χ1v) is 6.76. The van der Waals surface area contributed by atoms with E-state index < -0.39 is 0 Å². The predicted octanol–water partition coefficient (Wildman–Crippen LogP) is 2.91. The Hall–Kier alpha value is -2.04. The molecule has 1 aromatic carbocycles. The molecule has 1 atom stereocenters. The maximum atomic E-state index is 11.8. The van der Waals surface area contributed by atoms with E-state index in [4.69, 9.17) is 0 Å². The Bertz CT molecular complexity index is 547. The summed E-state index contributed by atoms with van der Waals surface area (Å²) in [6.45, 7) is 8.62. The van der Waals surface area contributed by atoms with Crippen molar-refractivity contribution in [3.05, 3.63) is 23.8 Å². The summed E-state index contributed by atoms with van der Waals surface area (Å²) in [6, 6.07) is 5.21. The highest BCUT2D eigenvalue weighted by Gasteiger charge is 2.26. The monoisotopic (exact) mass is 275 g/mol. The van der Waals surface area contributed by atoms with Crippen molar-refractivity contribution in [1.29, 1.82) is 0 Å². The van der Waals surface area contributed by atoms with Crippen LogP contribution in [0, 0.1) is 5.41 Å². The van der Waals surface area contributed by atoms with Gasteiger partial charge in [0.25, 0.3) is 0 Å². The van der Waals surface area contributed by atoms with E-state index in [-0.39, 0.29) is 23.3 Å². The van der Waals surface area contributed by atoms with Crippen LogP contribution in [0.3, 0.4) is 0 Å². The quantitative estimate of drug-likeness (QED) is 0.776. The van der Waals surface area contributed by atoms with Crippen molar-refractivity contribution < 1.29 is 9.59 Å². The number of nitrogens with one attached hydrogen (secondary N) is 3. The molecule has 0 saturated heterocycles. The number of hydrogen-bond donors (Lipinski definition) is 3. The van der Waals surface area contributed by atoms with Crippen LogP contribution in [0.2, 0.25) is 0 Å². The van der Waals surface area contributed by atoms with Gasteiger partial charge in [0, 0.05) is 17.9 Å². The van der Waals surface area contributed by atoms with E-state index in [0.717, 1.165) is 11.3 Å². The van der Waals surface area contributed by atoms with Crippen LogP contribution in [0.15, 0.2) is 18.2 Å². The lowest BCUT2D eigenvalue weighted by Gasteiger charge is -2.19. The highest BCUT2D eigenvalue weighted by molar-refractivity contribution is 6.03. The van der Waals surface area contributed by atoms with Gasteiger partial charge in [-0.2, -0.15) is 0 Å². The molecule has 0 saturated carbocycles. The van der Waals surface area contributed by atoms with Crippen LogP contribution in [0.25, 0.3) is 0 Å². The molecule has 0 aliphatic carbocycles. The van der Waals surface area contributed by atoms with Gasteiger partial charge in [-0.1, -0.05) is 20.8 Å². The van der Waals surface area contributed by atoms with Crippen molar-refractivity contribution in [3.8, 4) is 0 Å². The first-order chi connectivity index (χ1) is 9.26. The molecule has 2 rings (SSSR count). The van der Waals surface area contributed by atoms with Crippen molar-refractivity contribution in [2.45, 2.75) is 33.6 Å². The number of urea groups is 1. The average molecular weight is 275 g/mol. The molecular formula is C15H21N3O2. The van der Waals surface area contributed by atoms with E-state index in [2.05, 4.69) is 36.7 Å². The molecule has 0 aromatic heterocycles. The topological polar surface area (TPSA) is 70.2 Å². The maximum Gasteiger partial charge on any atom is 0.319 e. The van der Waals surface area contributed by atoms with Gasteiger partial charge in [0.2, 0.25) is 5.91 Å². The van der Waals surface area contributed by atoms with E-state index in [1.807, 2.05) is 19.1 Å². The fraction of sp³-hybridized carbons (Fsp3) is 0.467. The third-order valence-corrected chi connectivity index (χ3v) is 3.21. The number of amides is 3. The summed E-state index contributed by atoms with van der Waals surface area (Å²) >= 11 is 0. The Kier molecular flexibility index (Phi) is 3.70. The molecule has 3 N–H and O–H groups in total. The smallest absolute Gasteiger partial charge is 0.319 e. The van der Waals surface area contributed by atoms with Gasteiger partial charge in [-0.15, -0.1) is 0 Å². The molecule has 1 unspecified atom stereocenters. The summed E-state index contributed by atoms with van der Waals surface area (Å²) in [6.07, 6.45) is 0. The molecule has 108 valence electrons. The fourth-order valence-electron chi connectivity index (χ4n) is 2.02. The van der Waals surface area contributed by atoms with Crippen molar-refractivity contribution in [1.82, 2.24) is 5.32 Å². The van der Waals surface area contributed by atoms with Gasteiger partial charge in [-0.05, 0) is 36.1 Å². The first-order valence-electron chi connectivity index (χ1n) is 6.76. The van der Waals surface area contributed by atoms with Crippen LogP contribution in [0.5, 0.6) is 0 Å². The summed E-state index contributed by atoms with van der Waals surface area (Å²) in [7, 11) is 0. The molecule has 5 nitrogen and oxygen atoms in total. The van der Waals surface area contributed by atoms with Gasteiger partial charge in [0.1, 0.15) is 0 Å². The van der Waals surface area contributed by atoms with Crippen molar-refractivity contribution >= 4 is 23.3 Å². The minimum Gasteiger partial charge on any atom is -0.337 e. The molecule has 1 aliphatic rings. The third kappa shape index (κ3) is 3.29. The Labute approximate surface area is 119 Å². The molecular weight excluding hydrogens is 254 g/mol. The third-order valence-electron chi connectivity index (χ3n) is 3.21. The standard InChI is InChI=1S/C15H21N3O2/c1-9-11-7-10(5-6-12(11)18-13(9)19)17-14(20)16-8-15(2,3)4/h5-7,9H,8H2,1-4H3,(H,18,19)(H2,16,17,20). The Morgan fingerprint density at radius 1 is 1.35 bits per heavy atom. The Balaban J connectivity index is 2.01. The zero-order valence-corrected chi connectivity index (χ0v) is 12.3. The van der Waals surface area contributed by atoms with Gasteiger partial charge in [-0.3, -0.25) is 4.79 Å². The zero-order valence-electron chi connectivity index (χ0n) is 12.3. The lowest BCUT2D eigenvalue weighted by molar-refractivity contribution is -0.116. The molecule has 0 radical (unpaired) electrons. The molecule has 0 fully saturated rings. The average Bonchev–Trinajstić information content (AvgIpc) is 2.63. The second-order valence-corrected chi connectivity index (χ2v) is 6.38. The van der Waals surface area contributed by atoms with E-state index in [1.54, 1.807) is 6.07 Å². The lowest BCUT2D eigenvalue weighted by Crippen LogP contribution is -2.35. The van der Waals surface area contributed by atoms with E-state index in [0.29, 0.717) is 12.2 Å². The summed E-state index contributed by atoms with van der Waals surface area (Å²) in [5.41, 5.74) is 2.48. The second-order valence-electron chi connectivity index (χ2n) is 6.38. The van der Waals surface area contributed by atoms with Crippen molar-refractivity contribution in [2.24, 2.45) is 5.41 Å². The molecule has 1 aliphatic heterocycles. The van der Waals surface area contributed by atoms with E-state index >= 15 is 0 Å². The van der Waals surface area contributed by atoms with Crippen LogP contribution < -0.4 is 16.0 Å². The zero-order chi connectivity index (χ0) is 14.9. The first kappa shape index (κ1) is 14.4. The van der Waals surface area contributed by atoms with Crippen LogP contribution in [0.1, 0.15) is 39.2 Å². The molecule has 20 heavy (non-hydrogen) atoms. The minimum absolute atomic E-state index is 0.00525. The summed E-state index contributed by atoms with van der Waals surface area (Å²) < 4.78 is 0. The van der Waals surface area contributed by atoms with Crippen LogP contribution >= 0.6 is 0 Å². The lowest BCUT2D eigenvalue weighted by atomic mass is 9.97. The number of rotatable bonds is 2. The number of benzene rings is 1. The highest BCUT2D eigenvalue weighted by atomic mass is 16.2. The molecule has 0 spiro atoms. The van der Waals surface area contributed by atoms with Crippen LogP contribution in [-0.4, -0.2) is 18.5 Å². The van der Waals surface area contributed by atoms with E-state index in [1.165, 1.54) is 0 Å². The number of carbonyl (C=O) groups excluding carboxylic acids is 2. The van der Waals surface area contributed by atoms with Gasteiger partial charge in [-0.25, -0.2) is 4.79 Å². The maximum absolute atomic E-state index is 11.8. The predicted molar refractivity (Wildman–Crippen MR) is 80.0 cm³/mol. The second kappa shape index (κ2) is 5.15. The van der Waals surface area contributed by atoms with Gasteiger partial charge in [0.05, 0.1) is 5.92 Å². The molecule has 1 heterocycles. The highest BCUT2D eigenvalue weighted by Crippen LogP contribution is 2.33. The van der Waals surface area contributed by atoms with E-state index in [9.17, 15) is 9.59 Å². The minimum atomic E-state index is -0.232. The van der Waals surface area contributed by atoms with Gasteiger partial charge >= 0.3 is 6.03 Å². The normalized spacial score (nSPS) is 17.4. The summed E-state index contributed by atoms with van der Waals surface area (Å²) in [5.74, 6) is -0.182. The summed E-state index contributed by atoms with van der Waals surface area (Å²) in [5, 5.41) is 8.42. The van der Waals surface area contributed by atoms with Crippen LogP contribution in [0.4, 0.5) is 16.2 Å². The number of carbonyl (C=O) groups is 2. The number of anilines is 2. The number of fused-ring (bicyclic) bond motifs is 1. The number of hydrogen-bond acceptors (Lipinski definition) is 2. The van der Waals surface area contributed by atoms with Crippen LogP contribution in [-0.2, 0) is 4.79 Å². The largest absolute Gasteiger partial charge is 0.337 e. The van der Waals surface area contributed by atoms with Crippen molar-refractivity contribution in [3.63, 3.8) is 0 Å². The summed E-state index contributed by atoms with van der Waals surface area (Å²) in [4.78, 5) is 23.4. The molecule has 0 bridgehead atoms. The molecule has 5 heteroatoms. The van der Waals surface area contributed by atoms with Gasteiger partial charge < -0.3 is 16.0 Å².